The highest BCUT2D eigenvalue weighted by molar-refractivity contribution is 5.62. The summed E-state index contributed by atoms with van der Waals surface area (Å²) >= 11 is 0. The second-order valence-corrected chi connectivity index (χ2v) is 2.51. The minimum absolute atomic E-state index is 0.263. The van der Waals surface area contributed by atoms with Crippen molar-refractivity contribution in [1.82, 2.24) is 5.32 Å². The van der Waals surface area contributed by atoms with Gasteiger partial charge in [0.2, 0.25) is 0 Å². The zero-order valence-electron chi connectivity index (χ0n) is 5.66. The lowest BCUT2D eigenvalue weighted by Crippen LogP contribution is -2.30. The van der Waals surface area contributed by atoms with E-state index >= 15 is 0 Å². The summed E-state index contributed by atoms with van der Waals surface area (Å²) in [5, 5.41) is 3.25. The minimum atomic E-state index is 0.263. The third kappa shape index (κ3) is 0.926. The van der Waals surface area contributed by atoms with Crippen LogP contribution < -0.4 is 5.32 Å². The lowest BCUT2D eigenvalue weighted by molar-refractivity contribution is 0.231. The third-order valence-electron chi connectivity index (χ3n) is 1.80. The van der Waals surface area contributed by atoms with Crippen LogP contribution in [-0.4, -0.2) is 25.5 Å². The Kier molecular flexibility index (Phi) is 1.43. The van der Waals surface area contributed by atoms with Gasteiger partial charge in [0.1, 0.15) is 6.17 Å². The Morgan fingerprint density at radius 1 is 1.60 bits per heavy atom. The second kappa shape index (κ2) is 2.42. The van der Waals surface area contributed by atoms with Gasteiger partial charge >= 0.3 is 0 Å². The summed E-state index contributed by atoms with van der Waals surface area (Å²) in [6.07, 6.45) is 5.98. The molecule has 2 aliphatic heterocycles. The van der Waals surface area contributed by atoms with Crippen molar-refractivity contribution in [3.8, 4) is 0 Å². The molecule has 0 fully saturated rings. The Labute approximate surface area is 59.8 Å². The Hall–Kier alpha value is -0.830. The van der Waals surface area contributed by atoms with Crippen LogP contribution in [0.2, 0.25) is 0 Å². The summed E-state index contributed by atoms with van der Waals surface area (Å²) in [7, 11) is 0. The Morgan fingerprint density at radius 2 is 2.60 bits per heavy atom. The van der Waals surface area contributed by atoms with E-state index in [2.05, 4.69) is 16.4 Å². The van der Waals surface area contributed by atoms with Crippen LogP contribution in [0, 0.1) is 5.92 Å². The first kappa shape index (κ1) is 5.92. The summed E-state index contributed by atoms with van der Waals surface area (Å²) in [6, 6.07) is 0. The quantitative estimate of drug-likeness (QED) is 0.559. The molecule has 0 aromatic carbocycles. The average molecular weight is 138 g/mol. The number of hydrogen-bond donors (Lipinski definition) is 1. The van der Waals surface area contributed by atoms with Crippen molar-refractivity contribution < 1.29 is 4.74 Å². The average Bonchev–Trinajstić information content (AvgIpc) is 2.59. The van der Waals surface area contributed by atoms with Gasteiger partial charge in [-0.05, 0) is 6.08 Å². The first-order chi connectivity index (χ1) is 4.97. The zero-order valence-corrected chi connectivity index (χ0v) is 5.66. The van der Waals surface area contributed by atoms with Crippen molar-refractivity contribution in [1.29, 1.82) is 0 Å². The molecule has 2 atom stereocenters. The van der Waals surface area contributed by atoms with E-state index < -0.39 is 0 Å². The van der Waals surface area contributed by atoms with E-state index in [1.165, 1.54) is 0 Å². The normalized spacial score (nSPS) is 36.8. The van der Waals surface area contributed by atoms with Gasteiger partial charge in [-0.15, -0.1) is 0 Å². The molecule has 54 valence electrons. The molecule has 0 saturated heterocycles. The number of rotatable bonds is 1. The fraction of sp³-hybridized carbons (Fsp3) is 0.571. The van der Waals surface area contributed by atoms with E-state index in [0.717, 1.165) is 13.2 Å². The van der Waals surface area contributed by atoms with Crippen LogP contribution in [0.4, 0.5) is 0 Å². The van der Waals surface area contributed by atoms with Gasteiger partial charge in [-0.1, -0.05) is 0 Å². The van der Waals surface area contributed by atoms with Gasteiger partial charge < -0.3 is 4.74 Å². The smallest absolute Gasteiger partial charge is 0.109 e. The van der Waals surface area contributed by atoms with Crippen molar-refractivity contribution >= 4 is 6.21 Å². The number of aliphatic imine (C=N–C) groups is 1. The predicted octanol–water partition coefficient (Wildman–Crippen LogP) is 0.147. The molecule has 2 aliphatic rings. The monoisotopic (exact) mass is 138 g/mol. The molecule has 0 aromatic rings. The van der Waals surface area contributed by atoms with E-state index in [1.54, 1.807) is 6.26 Å². The SMILES string of the molecule is C1=CC(C2N=CCN2)CO1. The van der Waals surface area contributed by atoms with E-state index in [0.29, 0.717) is 5.92 Å². The molecule has 1 N–H and O–H groups in total. The molecule has 0 saturated carbocycles. The summed E-state index contributed by atoms with van der Waals surface area (Å²) in [6.45, 7) is 1.67. The maximum atomic E-state index is 5.08. The van der Waals surface area contributed by atoms with Crippen LogP contribution >= 0.6 is 0 Å². The molecular formula is C7H10N2O. The molecule has 3 nitrogen and oxygen atoms in total. The third-order valence-corrected chi connectivity index (χ3v) is 1.80. The zero-order chi connectivity index (χ0) is 6.81. The number of ether oxygens (including phenoxy) is 1. The highest BCUT2D eigenvalue weighted by Gasteiger charge is 2.22. The van der Waals surface area contributed by atoms with Crippen LogP contribution in [0.15, 0.2) is 17.3 Å². The van der Waals surface area contributed by atoms with Gasteiger partial charge in [0, 0.05) is 18.7 Å². The summed E-state index contributed by atoms with van der Waals surface area (Å²) in [4.78, 5) is 4.25. The van der Waals surface area contributed by atoms with Gasteiger partial charge in [0.05, 0.1) is 12.9 Å². The van der Waals surface area contributed by atoms with Gasteiger partial charge in [-0.25, -0.2) is 0 Å². The Morgan fingerprint density at radius 3 is 3.20 bits per heavy atom. The summed E-state index contributed by atoms with van der Waals surface area (Å²) < 4.78 is 5.08. The van der Waals surface area contributed by atoms with Crippen molar-refractivity contribution in [2.75, 3.05) is 13.2 Å². The molecule has 0 aromatic heterocycles. The topological polar surface area (TPSA) is 33.6 Å². The van der Waals surface area contributed by atoms with Crippen molar-refractivity contribution in [2.45, 2.75) is 6.17 Å². The maximum Gasteiger partial charge on any atom is 0.109 e. The summed E-state index contributed by atoms with van der Waals surface area (Å²) in [5.41, 5.74) is 0. The highest BCUT2D eigenvalue weighted by Crippen LogP contribution is 2.14. The maximum absolute atomic E-state index is 5.08. The van der Waals surface area contributed by atoms with Crippen molar-refractivity contribution in [3.63, 3.8) is 0 Å². The number of nitrogens with one attached hydrogen (secondary N) is 1. The molecule has 2 unspecified atom stereocenters. The molecule has 10 heavy (non-hydrogen) atoms. The van der Waals surface area contributed by atoms with E-state index in [-0.39, 0.29) is 6.17 Å². The van der Waals surface area contributed by atoms with E-state index in [1.807, 2.05) is 6.21 Å². The lowest BCUT2D eigenvalue weighted by Gasteiger charge is -2.12. The van der Waals surface area contributed by atoms with Gasteiger partial charge in [-0.2, -0.15) is 0 Å². The van der Waals surface area contributed by atoms with Gasteiger partial charge in [0.15, 0.2) is 0 Å². The summed E-state index contributed by atoms with van der Waals surface area (Å²) in [5.74, 6) is 0.443. The standard InChI is InChI=1S/C7H10N2O/c1-4-10-5-6(1)7-8-2-3-9-7/h1-2,4,6-7,9H,3,5H2. The largest absolute Gasteiger partial charge is 0.501 e. The van der Waals surface area contributed by atoms with Crippen LogP contribution in [0.3, 0.4) is 0 Å². The van der Waals surface area contributed by atoms with Gasteiger partial charge in [-0.3, -0.25) is 10.3 Å². The molecule has 0 aliphatic carbocycles. The van der Waals surface area contributed by atoms with Crippen molar-refractivity contribution in [2.24, 2.45) is 10.9 Å². The fourth-order valence-electron chi connectivity index (χ4n) is 1.23. The van der Waals surface area contributed by atoms with Gasteiger partial charge in [0.25, 0.3) is 0 Å². The number of hydrogen-bond acceptors (Lipinski definition) is 3. The molecule has 0 bridgehead atoms. The molecule has 0 spiro atoms. The van der Waals surface area contributed by atoms with Crippen molar-refractivity contribution in [3.05, 3.63) is 12.3 Å². The van der Waals surface area contributed by atoms with Crippen LogP contribution in [0.1, 0.15) is 0 Å². The lowest BCUT2D eigenvalue weighted by atomic mass is 10.1. The fourth-order valence-corrected chi connectivity index (χ4v) is 1.23. The van der Waals surface area contributed by atoms with Crippen LogP contribution in [0.25, 0.3) is 0 Å². The first-order valence-electron chi connectivity index (χ1n) is 3.50. The minimum Gasteiger partial charge on any atom is -0.501 e. The first-order valence-corrected chi connectivity index (χ1v) is 3.50. The predicted molar refractivity (Wildman–Crippen MR) is 38.9 cm³/mol. The van der Waals surface area contributed by atoms with E-state index in [9.17, 15) is 0 Å². The van der Waals surface area contributed by atoms with E-state index in [4.69, 9.17) is 4.74 Å². The Balaban J connectivity index is 1.98. The molecule has 0 radical (unpaired) electrons. The number of nitrogens with zero attached hydrogens (tertiary/aromatic N) is 1. The second-order valence-electron chi connectivity index (χ2n) is 2.51. The highest BCUT2D eigenvalue weighted by atomic mass is 16.5. The molecule has 2 heterocycles. The van der Waals surface area contributed by atoms with Crippen LogP contribution in [-0.2, 0) is 4.74 Å². The molecule has 0 amide bonds. The molecule has 3 heteroatoms. The van der Waals surface area contributed by atoms with Crippen LogP contribution in [0.5, 0.6) is 0 Å². The molecule has 2 rings (SSSR count). The molecular weight excluding hydrogens is 128 g/mol. The Bertz CT molecular complexity index is 156.